The van der Waals surface area contributed by atoms with Crippen molar-refractivity contribution >= 4 is 6.09 Å². The van der Waals surface area contributed by atoms with Crippen LogP contribution in [0.3, 0.4) is 0 Å². The second-order valence-corrected chi connectivity index (χ2v) is 7.42. The van der Waals surface area contributed by atoms with Gasteiger partial charge in [-0.3, -0.25) is 9.88 Å². The molecule has 5 heteroatoms. The molecular formula is C18H29N3O2. The average Bonchev–Trinajstić information content (AvgIpc) is 2.47. The second kappa shape index (κ2) is 7.77. The van der Waals surface area contributed by atoms with Crippen LogP contribution in [-0.2, 0) is 11.3 Å². The van der Waals surface area contributed by atoms with Gasteiger partial charge in [0.1, 0.15) is 5.60 Å². The lowest BCUT2D eigenvalue weighted by molar-refractivity contribution is 0.0480. The Labute approximate surface area is 139 Å². The van der Waals surface area contributed by atoms with Crippen molar-refractivity contribution in [2.24, 2.45) is 0 Å². The first-order valence-electron chi connectivity index (χ1n) is 8.42. The summed E-state index contributed by atoms with van der Waals surface area (Å²) in [5.74, 6) is 0. The lowest BCUT2D eigenvalue weighted by atomic mass is 9.90. The molecule has 1 heterocycles. The Bertz CT molecular complexity index is 491. The molecule has 128 valence electrons. The van der Waals surface area contributed by atoms with E-state index in [0.29, 0.717) is 6.04 Å². The number of hydrogen-bond donors (Lipinski definition) is 1. The van der Waals surface area contributed by atoms with Crippen molar-refractivity contribution in [3.8, 4) is 0 Å². The zero-order chi connectivity index (χ0) is 16.9. The predicted molar refractivity (Wildman–Crippen MR) is 91.1 cm³/mol. The summed E-state index contributed by atoms with van der Waals surface area (Å²) in [6.07, 6.45) is 7.58. The molecule has 0 unspecified atom stereocenters. The molecule has 1 aromatic rings. The Kier molecular flexibility index (Phi) is 5.99. The van der Waals surface area contributed by atoms with Gasteiger partial charge in [-0.1, -0.05) is 0 Å². The van der Waals surface area contributed by atoms with Gasteiger partial charge < -0.3 is 10.1 Å². The first-order chi connectivity index (χ1) is 10.8. The van der Waals surface area contributed by atoms with Gasteiger partial charge in [-0.05, 0) is 71.2 Å². The van der Waals surface area contributed by atoms with E-state index in [2.05, 4.69) is 34.4 Å². The SMILES string of the molecule is CN(Cc1ccncc1)C1CCC(NC(=O)OC(C)(C)C)CC1. The minimum atomic E-state index is -0.438. The smallest absolute Gasteiger partial charge is 0.407 e. The Morgan fingerprint density at radius 1 is 1.26 bits per heavy atom. The van der Waals surface area contributed by atoms with Gasteiger partial charge in [0.15, 0.2) is 0 Å². The Balaban J connectivity index is 1.74. The van der Waals surface area contributed by atoms with Gasteiger partial charge in [-0.2, -0.15) is 0 Å². The molecule has 0 radical (unpaired) electrons. The van der Waals surface area contributed by atoms with E-state index in [9.17, 15) is 4.79 Å². The van der Waals surface area contributed by atoms with Crippen LogP contribution in [0.15, 0.2) is 24.5 Å². The van der Waals surface area contributed by atoms with E-state index in [1.54, 1.807) is 0 Å². The first kappa shape index (κ1) is 17.7. The van der Waals surface area contributed by atoms with E-state index in [1.165, 1.54) is 5.56 Å². The summed E-state index contributed by atoms with van der Waals surface area (Å²) in [6, 6.07) is 4.92. The summed E-state index contributed by atoms with van der Waals surface area (Å²) in [6.45, 7) is 6.60. The molecule has 1 amide bonds. The third-order valence-corrected chi connectivity index (χ3v) is 4.22. The number of rotatable bonds is 4. The highest BCUT2D eigenvalue weighted by atomic mass is 16.6. The molecule has 0 aromatic carbocycles. The molecule has 0 saturated heterocycles. The summed E-state index contributed by atoms with van der Waals surface area (Å²) in [5.41, 5.74) is 0.850. The minimum Gasteiger partial charge on any atom is -0.444 e. The quantitative estimate of drug-likeness (QED) is 0.924. The number of aromatic nitrogens is 1. The molecular weight excluding hydrogens is 290 g/mol. The fraction of sp³-hybridized carbons (Fsp3) is 0.667. The topological polar surface area (TPSA) is 54.5 Å². The summed E-state index contributed by atoms with van der Waals surface area (Å²) in [7, 11) is 2.17. The molecule has 1 aliphatic carbocycles. The Hall–Kier alpha value is -1.62. The highest BCUT2D eigenvalue weighted by molar-refractivity contribution is 5.68. The van der Waals surface area contributed by atoms with Gasteiger partial charge in [-0.15, -0.1) is 0 Å². The van der Waals surface area contributed by atoms with Crippen LogP contribution in [0.5, 0.6) is 0 Å². The molecule has 2 rings (SSSR count). The van der Waals surface area contributed by atoms with E-state index in [-0.39, 0.29) is 12.1 Å². The lowest BCUT2D eigenvalue weighted by Crippen LogP contribution is -2.44. The summed E-state index contributed by atoms with van der Waals surface area (Å²) < 4.78 is 5.33. The third-order valence-electron chi connectivity index (χ3n) is 4.22. The van der Waals surface area contributed by atoms with Gasteiger partial charge >= 0.3 is 6.09 Å². The Morgan fingerprint density at radius 3 is 2.43 bits per heavy atom. The molecule has 1 N–H and O–H groups in total. The maximum Gasteiger partial charge on any atom is 0.407 e. The van der Waals surface area contributed by atoms with Crippen LogP contribution >= 0.6 is 0 Å². The van der Waals surface area contributed by atoms with Crippen LogP contribution in [0.25, 0.3) is 0 Å². The van der Waals surface area contributed by atoms with Crippen LogP contribution in [0.4, 0.5) is 4.79 Å². The zero-order valence-electron chi connectivity index (χ0n) is 14.7. The number of nitrogens with one attached hydrogen (secondary N) is 1. The number of pyridine rings is 1. The normalized spacial score (nSPS) is 22.0. The maximum absolute atomic E-state index is 11.8. The van der Waals surface area contributed by atoms with E-state index < -0.39 is 5.60 Å². The van der Waals surface area contributed by atoms with Crippen LogP contribution in [0.1, 0.15) is 52.0 Å². The van der Waals surface area contributed by atoms with E-state index in [1.807, 2.05) is 33.2 Å². The van der Waals surface area contributed by atoms with Crippen LogP contribution in [0, 0.1) is 0 Å². The molecule has 5 nitrogen and oxygen atoms in total. The second-order valence-electron chi connectivity index (χ2n) is 7.42. The number of hydrogen-bond acceptors (Lipinski definition) is 4. The first-order valence-corrected chi connectivity index (χ1v) is 8.42. The van der Waals surface area contributed by atoms with Gasteiger partial charge in [0.2, 0.25) is 0 Å². The fourth-order valence-electron chi connectivity index (χ4n) is 3.04. The number of amides is 1. The van der Waals surface area contributed by atoms with Gasteiger partial charge in [0, 0.05) is 31.0 Å². The Morgan fingerprint density at radius 2 is 1.87 bits per heavy atom. The maximum atomic E-state index is 11.8. The molecule has 0 atom stereocenters. The molecule has 1 saturated carbocycles. The third kappa shape index (κ3) is 6.18. The summed E-state index contributed by atoms with van der Waals surface area (Å²) >= 11 is 0. The number of carbonyl (C=O) groups excluding carboxylic acids is 1. The number of carbonyl (C=O) groups is 1. The number of ether oxygens (including phenoxy) is 1. The average molecular weight is 319 g/mol. The lowest BCUT2D eigenvalue weighted by Gasteiger charge is -2.35. The molecule has 1 aliphatic rings. The molecule has 0 aliphatic heterocycles. The largest absolute Gasteiger partial charge is 0.444 e. The van der Waals surface area contributed by atoms with Crippen LogP contribution < -0.4 is 5.32 Å². The summed E-state index contributed by atoms with van der Waals surface area (Å²) in [4.78, 5) is 18.3. The highest BCUT2D eigenvalue weighted by Gasteiger charge is 2.26. The molecule has 1 aromatic heterocycles. The number of alkyl carbamates (subject to hydrolysis) is 1. The van der Waals surface area contributed by atoms with Crippen molar-refractivity contribution in [1.29, 1.82) is 0 Å². The van der Waals surface area contributed by atoms with Crippen molar-refractivity contribution in [1.82, 2.24) is 15.2 Å². The minimum absolute atomic E-state index is 0.232. The fourth-order valence-corrected chi connectivity index (χ4v) is 3.04. The van der Waals surface area contributed by atoms with Gasteiger partial charge in [0.25, 0.3) is 0 Å². The van der Waals surface area contributed by atoms with Crippen molar-refractivity contribution < 1.29 is 9.53 Å². The van der Waals surface area contributed by atoms with Crippen molar-refractivity contribution in [2.45, 2.75) is 70.7 Å². The van der Waals surface area contributed by atoms with Crippen LogP contribution in [-0.4, -0.2) is 40.7 Å². The molecule has 0 spiro atoms. The standard InChI is InChI=1S/C18H29N3O2/c1-18(2,3)23-17(22)20-15-5-7-16(8-6-15)21(4)13-14-9-11-19-12-10-14/h9-12,15-16H,5-8,13H2,1-4H3,(H,20,22). The zero-order valence-corrected chi connectivity index (χ0v) is 14.7. The monoisotopic (exact) mass is 319 g/mol. The van der Waals surface area contributed by atoms with Crippen molar-refractivity contribution in [2.75, 3.05) is 7.05 Å². The van der Waals surface area contributed by atoms with E-state index in [4.69, 9.17) is 4.74 Å². The van der Waals surface area contributed by atoms with Crippen LogP contribution in [0.2, 0.25) is 0 Å². The van der Waals surface area contributed by atoms with E-state index in [0.717, 1.165) is 32.2 Å². The molecule has 1 fully saturated rings. The highest BCUT2D eigenvalue weighted by Crippen LogP contribution is 2.24. The summed E-state index contributed by atoms with van der Waals surface area (Å²) in [5, 5.41) is 3.00. The number of nitrogens with zero attached hydrogens (tertiary/aromatic N) is 2. The van der Waals surface area contributed by atoms with Gasteiger partial charge in [0.05, 0.1) is 0 Å². The van der Waals surface area contributed by atoms with E-state index >= 15 is 0 Å². The van der Waals surface area contributed by atoms with Gasteiger partial charge in [-0.25, -0.2) is 4.79 Å². The van der Waals surface area contributed by atoms with Crippen molar-refractivity contribution in [3.05, 3.63) is 30.1 Å². The molecule has 23 heavy (non-hydrogen) atoms. The molecule has 0 bridgehead atoms. The predicted octanol–water partition coefficient (Wildman–Crippen LogP) is 3.35. The van der Waals surface area contributed by atoms with Crippen molar-refractivity contribution in [3.63, 3.8) is 0 Å².